The highest BCUT2D eigenvalue weighted by Crippen LogP contribution is 2.52. The van der Waals surface area contributed by atoms with Gasteiger partial charge in [-0.1, -0.05) is 103 Å². The number of rotatable bonds is 10. The standard InChI is InChI=1S/C44H35N3O8S3/c48-37(49)23-45-40(52)36(57-42(45)39-41(53)46(24-38(50)51)44(56)58-39)21-26-13-18-34-33(20-26)31-17-14-29(43(54)55)22-35(31)47(34)30-15-11-25(12-16-30)19-32(27-7-3-1-4-8-27)28-9-5-2-6-10-28/h1-13,15-16,18-21,29,31,35H,14,17,22-24H2,(H,48,49)(H,50,51)(H,54,55)/b36-21-,42-39+. The van der Waals surface area contributed by atoms with Crippen molar-refractivity contribution in [1.29, 1.82) is 0 Å². The van der Waals surface area contributed by atoms with Crippen LogP contribution in [0, 0.1) is 5.92 Å². The van der Waals surface area contributed by atoms with Gasteiger partial charge in [-0.05, 0) is 89.1 Å². The monoisotopic (exact) mass is 829 g/mol. The second-order valence-corrected chi connectivity index (χ2v) is 16.9. The predicted octanol–water partition coefficient (Wildman–Crippen LogP) is 5.95. The van der Waals surface area contributed by atoms with Crippen molar-refractivity contribution in [2.45, 2.75) is 37.8 Å². The van der Waals surface area contributed by atoms with E-state index >= 15 is 0 Å². The van der Waals surface area contributed by atoms with Crippen LogP contribution in [0.5, 0.6) is 0 Å². The van der Waals surface area contributed by atoms with Crippen molar-refractivity contribution in [3.63, 3.8) is 0 Å². The van der Waals surface area contributed by atoms with Crippen molar-refractivity contribution in [2.75, 3.05) is 11.4 Å². The highest BCUT2D eigenvalue weighted by molar-refractivity contribution is 8.30. The van der Waals surface area contributed by atoms with E-state index in [0.29, 0.717) is 24.8 Å². The molecule has 2 aliphatic heterocycles. The zero-order valence-electron chi connectivity index (χ0n) is 30.7. The number of thioether (sulfide) groups is 1. The van der Waals surface area contributed by atoms with Gasteiger partial charge in [0, 0.05) is 23.3 Å². The fraction of sp³-hybridized carbons (Fsp3) is 0.182. The lowest BCUT2D eigenvalue weighted by Gasteiger charge is -2.36. The lowest BCUT2D eigenvalue weighted by molar-refractivity contribution is -0.143. The lowest BCUT2D eigenvalue weighted by atomic mass is 9.76. The summed E-state index contributed by atoms with van der Waals surface area (Å²) in [5.74, 6) is -4.54. The number of thiazole rings is 1. The number of carboxylic acids is 3. The first-order valence-electron chi connectivity index (χ1n) is 18.5. The number of anilines is 2. The zero-order chi connectivity index (χ0) is 40.7. The Morgan fingerprint density at radius 2 is 1.43 bits per heavy atom. The molecule has 11 nitrogen and oxygen atoms in total. The van der Waals surface area contributed by atoms with E-state index in [2.05, 4.69) is 59.5 Å². The van der Waals surface area contributed by atoms with Crippen LogP contribution in [0.2, 0.25) is 0 Å². The van der Waals surface area contributed by atoms with Gasteiger partial charge in [0.25, 0.3) is 11.5 Å². The molecule has 1 aromatic heterocycles. The van der Waals surface area contributed by atoms with Gasteiger partial charge < -0.3 is 20.2 Å². The first-order valence-corrected chi connectivity index (χ1v) is 20.5. The molecule has 3 heterocycles. The molecule has 0 spiro atoms. The number of carboxylic acid groups (broad SMARTS) is 3. The molecule has 1 saturated heterocycles. The summed E-state index contributed by atoms with van der Waals surface area (Å²) in [5.41, 5.74) is 7.26. The van der Waals surface area contributed by atoms with Gasteiger partial charge in [-0.2, -0.15) is 0 Å². The first kappa shape index (κ1) is 38.8. The number of carbonyl (C=O) groups excluding carboxylic acids is 1. The Morgan fingerprint density at radius 3 is 2.05 bits per heavy atom. The lowest BCUT2D eigenvalue weighted by Crippen LogP contribution is -2.37. The molecule has 8 rings (SSSR count). The van der Waals surface area contributed by atoms with Crippen LogP contribution in [-0.2, 0) is 25.7 Å². The molecule has 14 heteroatoms. The van der Waals surface area contributed by atoms with Gasteiger partial charge in [-0.15, -0.1) is 11.3 Å². The van der Waals surface area contributed by atoms with Gasteiger partial charge in [-0.25, -0.2) is 0 Å². The average Bonchev–Trinajstić information content (AvgIpc) is 3.80. The number of hydrogen-bond acceptors (Lipinski definition) is 9. The topological polar surface area (TPSA) is 157 Å². The number of aromatic nitrogens is 1. The third-order valence-corrected chi connectivity index (χ3v) is 13.4. The van der Waals surface area contributed by atoms with Crippen LogP contribution in [0.4, 0.5) is 11.4 Å². The maximum absolute atomic E-state index is 13.7. The van der Waals surface area contributed by atoms with Crippen molar-refractivity contribution in [3.8, 4) is 0 Å². The van der Waals surface area contributed by atoms with Crippen molar-refractivity contribution < 1.29 is 34.5 Å². The molecule has 58 heavy (non-hydrogen) atoms. The number of hydrogen-bond donors (Lipinski definition) is 3. The molecule has 292 valence electrons. The fourth-order valence-corrected chi connectivity index (χ4v) is 10.6. The average molecular weight is 830 g/mol. The number of benzene rings is 4. The van der Waals surface area contributed by atoms with Crippen molar-refractivity contribution in [3.05, 3.63) is 150 Å². The normalized spacial score (nSPS) is 19.9. The Kier molecular flexibility index (Phi) is 10.7. The van der Waals surface area contributed by atoms with Crippen LogP contribution in [0.3, 0.4) is 0 Å². The quantitative estimate of drug-likeness (QED) is 0.113. The van der Waals surface area contributed by atoms with Crippen molar-refractivity contribution in [1.82, 2.24) is 9.47 Å². The minimum Gasteiger partial charge on any atom is -0.481 e. The summed E-state index contributed by atoms with van der Waals surface area (Å²) < 4.78 is 1.28. The molecule has 0 radical (unpaired) electrons. The summed E-state index contributed by atoms with van der Waals surface area (Å²) in [6.45, 7) is -1.36. The molecule has 3 aliphatic rings. The number of amides is 1. The number of carbonyl (C=O) groups is 4. The highest BCUT2D eigenvalue weighted by atomic mass is 32.2. The Balaban J connectivity index is 1.18. The van der Waals surface area contributed by atoms with E-state index in [4.69, 9.17) is 12.2 Å². The Labute approximate surface area is 345 Å². The summed E-state index contributed by atoms with van der Waals surface area (Å²) in [7, 11) is 0. The van der Waals surface area contributed by atoms with E-state index in [1.54, 1.807) is 6.08 Å². The molecule has 3 unspecified atom stereocenters. The van der Waals surface area contributed by atoms with Crippen LogP contribution in [0.25, 0.3) is 22.6 Å². The number of thiocarbonyl (C=S) groups is 1. The van der Waals surface area contributed by atoms with E-state index in [-0.39, 0.29) is 30.4 Å². The maximum atomic E-state index is 13.7. The molecule has 5 aromatic rings. The summed E-state index contributed by atoms with van der Waals surface area (Å²) in [4.78, 5) is 65.6. The van der Waals surface area contributed by atoms with Gasteiger partial charge in [0.2, 0.25) is 0 Å². The molecule has 1 amide bonds. The molecule has 3 N–H and O–H groups in total. The molecule has 1 saturated carbocycles. The number of fused-ring (bicyclic) bond motifs is 3. The predicted molar refractivity (Wildman–Crippen MR) is 228 cm³/mol. The van der Waals surface area contributed by atoms with E-state index < -0.39 is 48.4 Å². The van der Waals surface area contributed by atoms with Crippen LogP contribution < -0.4 is 19.7 Å². The van der Waals surface area contributed by atoms with Gasteiger partial charge in [0.05, 0.1) is 10.5 Å². The SMILES string of the molecule is O=C(O)CN1C(=O)/C(=c2\s/c(=C\c3ccc4c(c3)C3CCC(C(=O)O)CC3N4c3ccc(C=C(c4ccccc4)c4ccccc4)cc3)c(=O)n2CC(=O)O)SC1=S. The second-order valence-electron chi connectivity index (χ2n) is 14.3. The second kappa shape index (κ2) is 16.0. The summed E-state index contributed by atoms with van der Waals surface area (Å²) in [6.07, 6.45) is 5.47. The molecule has 2 fully saturated rings. The Morgan fingerprint density at radius 1 is 0.793 bits per heavy atom. The summed E-state index contributed by atoms with van der Waals surface area (Å²) >= 11 is 7.02. The Hall–Kier alpha value is -6.09. The van der Waals surface area contributed by atoms with Gasteiger partial charge in [-0.3, -0.25) is 33.4 Å². The molecule has 1 aliphatic carbocycles. The fourth-order valence-electron chi connectivity index (χ4n) is 8.09. The third-order valence-electron chi connectivity index (χ3n) is 10.7. The maximum Gasteiger partial charge on any atom is 0.323 e. The summed E-state index contributed by atoms with van der Waals surface area (Å²) in [5, 5.41) is 29.0. The minimum absolute atomic E-state index is 0.00114. The Bertz CT molecular complexity index is 2670. The summed E-state index contributed by atoms with van der Waals surface area (Å²) in [6, 6.07) is 34.4. The van der Waals surface area contributed by atoms with Crippen LogP contribution in [0.15, 0.2) is 108 Å². The minimum atomic E-state index is -1.29. The molecule has 3 atom stereocenters. The molecular weight excluding hydrogens is 795 g/mol. The molecule has 4 aromatic carbocycles. The molecule has 0 bridgehead atoms. The van der Waals surface area contributed by atoms with E-state index in [1.165, 1.54) is 0 Å². The number of nitrogens with zero attached hydrogens (tertiary/aromatic N) is 3. The van der Waals surface area contributed by atoms with Crippen LogP contribution >= 0.6 is 35.3 Å². The molecular formula is C44H35N3O8S3. The van der Waals surface area contributed by atoms with Crippen molar-refractivity contribution in [2.24, 2.45) is 5.92 Å². The van der Waals surface area contributed by atoms with Gasteiger partial charge in [0.1, 0.15) is 27.0 Å². The van der Waals surface area contributed by atoms with Gasteiger partial charge in [0.15, 0.2) is 0 Å². The van der Waals surface area contributed by atoms with Gasteiger partial charge >= 0.3 is 17.9 Å². The van der Waals surface area contributed by atoms with E-state index in [1.807, 2.05) is 54.6 Å². The smallest absolute Gasteiger partial charge is 0.323 e. The zero-order valence-corrected chi connectivity index (χ0v) is 33.1. The van der Waals surface area contributed by atoms with E-state index in [0.717, 1.165) is 71.8 Å². The largest absolute Gasteiger partial charge is 0.481 e. The van der Waals surface area contributed by atoms with Crippen molar-refractivity contribution >= 4 is 97.5 Å². The van der Waals surface area contributed by atoms with Crippen LogP contribution in [0.1, 0.15) is 53.0 Å². The number of aliphatic carboxylic acids is 3. The van der Waals surface area contributed by atoms with Crippen LogP contribution in [-0.4, -0.2) is 65.5 Å². The first-order chi connectivity index (χ1) is 28.0. The highest BCUT2D eigenvalue weighted by Gasteiger charge is 2.44. The van der Waals surface area contributed by atoms with E-state index in [9.17, 15) is 39.3 Å². The third kappa shape index (κ3) is 7.53.